The zero-order valence-electron chi connectivity index (χ0n) is 28.8. The topological polar surface area (TPSA) is 11.4 Å². The standard InChI is InChI=1S/C49H37N3/c1-36-18-6-5-15-33-50(38-19-7-2-8-20-38)46-32-31-37(34-45(36)46)43-28-17-30-48-49(43)44-27-13-14-29-47(44)52(48)42-26-16-25-41(35-42)51(39-21-9-3-10-22-39)40-23-11-4-12-24-40/h2-32,34-35H,1,33H2/b15-5-,18-6-. The SMILES string of the molecule is C=C1/C=C\C=C/CN(c2ccccc2)c2ccc(-c3cccc4c3c3ccccc3n4-c3cccc(N(c4ccccc4)c4ccccc4)c3)cc21. The van der Waals surface area contributed by atoms with Gasteiger partial charge in [0.15, 0.2) is 0 Å². The van der Waals surface area contributed by atoms with Crippen molar-refractivity contribution < 1.29 is 0 Å². The molecule has 0 spiro atoms. The van der Waals surface area contributed by atoms with Crippen LogP contribution in [0.4, 0.5) is 28.4 Å². The summed E-state index contributed by atoms with van der Waals surface area (Å²) in [6, 6.07) is 63.0. The lowest BCUT2D eigenvalue weighted by molar-refractivity contribution is 1.09. The Hall–Kier alpha value is -6.84. The zero-order chi connectivity index (χ0) is 34.9. The van der Waals surface area contributed by atoms with Crippen molar-refractivity contribution in [2.75, 3.05) is 16.3 Å². The molecule has 1 aromatic heterocycles. The number of hydrogen-bond acceptors (Lipinski definition) is 2. The molecular formula is C49H37N3. The number of rotatable bonds is 6. The number of fused-ring (bicyclic) bond motifs is 4. The second kappa shape index (κ2) is 13.5. The van der Waals surface area contributed by atoms with Crippen molar-refractivity contribution in [3.8, 4) is 16.8 Å². The van der Waals surface area contributed by atoms with Crippen LogP contribution in [0.25, 0.3) is 44.2 Å². The molecule has 52 heavy (non-hydrogen) atoms. The van der Waals surface area contributed by atoms with E-state index in [0.717, 1.165) is 57.4 Å². The molecule has 0 N–H and O–H groups in total. The molecule has 0 atom stereocenters. The van der Waals surface area contributed by atoms with Crippen molar-refractivity contribution in [1.82, 2.24) is 4.57 Å². The Balaban J connectivity index is 1.22. The van der Waals surface area contributed by atoms with Gasteiger partial charge in [-0.1, -0.05) is 128 Å². The highest BCUT2D eigenvalue weighted by Crippen LogP contribution is 2.43. The number of para-hydroxylation sites is 4. The molecule has 3 nitrogen and oxygen atoms in total. The van der Waals surface area contributed by atoms with Gasteiger partial charge in [0.1, 0.15) is 0 Å². The molecule has 0 bridgehead atoms. The van der Waals surface area contributed by atoms with Crippen molar-refractivity contribution in [2.24, 2.45) is 0 Å². The van der Waals surface area contributed by atoms with Crippen LogP contribution in [-0.2, 0) is 0 Å². The number of nitrogens with zero attached hydrogens (tertiary/aromatic N) is 3. The van der Waals surface area contributed by atoms with E-state index in [1.165, 1.54) is 27.4 Å². The maximum atomic E-state index is 4.53. The van der Waals surface area contributed by atoms with Gasteiger partial charge in [0, 0.05) is 57.0 Å². The molecule has 0 fully saturated rings. The highest BCUT2D eigenvalue weighted by atomic mass is 15.1. The predicted octanol–water partition coefficient (Wildman–Crippen LogP) is 13.2. The van der Waals surface area contributed by atoms with Crippen molar-refractivity contribution in [1.29, 1.82) is 0 Å². The van der Waals surface area contributed by atoms with Gasteiger partial charge in [0.2, 0.25) is 0 Å². The molecule has 3 heteroatoms. The second-order valence-electron chi connectivity index (χ2n) is 13.1. The second-order valence-corrected chi connectivity index (χ2v) is 13.1. The van der Waals surface area contributed by atoms with Gasteiger partial charge in [0.25, 0.3) is 0 Å². The molecule has 2 heterocycles. The summed E-state index contributed by atoms with van der Waals surface area (Å²) in [7, 11) is 0. The van der Waals surface area contributed by atoms with Crippen LogP contribution < -0.4 is 9.80 Å². The molecule has 0 amide bonds. The largest absolute Gasteiger partial charge is 0.337 e. The number of aromatic nitrogens is 1. The molecule has 9 rings (SSSR count). The lowest BCUT2D eigenvalue weighted by Crippen LogP contribution is -2.18. The van der Waals surface area contributed by atoms with Crippen molar-refractivity contribution in [2.45, 2.75) is 0 Å². The van der Waals surface area contributed by atoms with Crippen molar-refractivity contribution in [3.63, 3.8) is 0 Å². The Morgan fingerprint density at radius 2 is 1.13 bits per heavy atom. The third kappa shape index (κ3) is 5.59. The maximum absolute atomic E-state index is 4.53. The number of allylic oxidation sites excluding steroid dienone is 4. The molecule has 248 valence electrons. The van der Waals surface area contributed by atoms with Gasteiger partial charge in [-0.2, -0.15) is 0 Å². The first-order valence-corrected chi connectivity index (χ1v) is 17.8. The summed E-state index contributed by atoms with van der Waals surface area (Å²) < 4.78 is 2.41. The normalized spacial score (nSPS) is 14.0. The van der Waals surface area contributed by atoms with Crippen LogP contribution in [0.1, 0.15) is 5.56 Å². The fraction of sp³-hybridized carbons (Fsp3) is 0.0204. The van der Waals surface area contributed by atoms with E-state index in [0.29, 0.717) is 0 Å². The smallest absolute Gasteiger partial charge is 0.0547 e. The van der Waals surface area contributed by atoms with E-state index in [1.807, 2.05) is 0 Å². The minimum absolute atomic E-state index is 0.766. The van der Waals surface area contributed by atoms with Crippen molar-refractivity contribution >= 4 is 55.8 Å². The summed E-state index contributed by atoms with van der Waals surface area (Å²) >= 11 is 0. The molecule has 7 aromatic carbocycles. The van der Waals surface area contributed by atoms with Crippen LogP contribution >= 0.6 is 0 Å². The number of hydrogen-bond donors (Lipinski definition) is 0. The van der Waals surface area contributed by atoms with Crippen LogP contribution in [0, 0.1) is 0 Å². The van der Waals surface area contributed by atoms with Crippen molar-refractivity contribution in [3.05, 3.63) is 212 Å². The van der Waals surface area contributed by atoms with Gasteiger partial charge in [-0.15, -0.1) is 0 Å². The molecule has 8 aromatic rings. The van der Waals surface area contributed by atoms with Crippen LogP contribution in [0.3, 0.4) is 0 Å². The molecule has 1 aliphatic heterocycles. The summed E-state index contributed by atoms with van der Waals surface area (Å²) in [5, 5.41) is 2.45. The summed E-state index contributed by atoms with van der Waals surface area (Å²) in [6.45, 7) is 5.29. The van der Waals surface area contributed by atoms with E-state index < -0.39 is 0 Å². The third-order valence-corrected chi connectivity index (χ3v) is 9.92. The van der Waals surface area contributed by atoms with Gasteiger partial charge in [-0.25, -0.2) is 0 Å². The Kier molecular flexibility index (Phi) is 8.07. The Bertz CT molecular complexity index is 2570. The monoisotopic (exact) mass is 667 g/mol. The molecule has 1 aliphatic rings. The van der Waals surface area contributed by atoms with E-state index in [-0.39, 0.29) is 0 Å². The van der Waals surface area contributed by atoms with E-state index in [9.17, 15) is 0 Å². The zero-order valence-corrected chi connectivity index (χ0v) is 28.8. The maximum Gasteiger partial charge on any atom is 0.0547 e. The van der Waals surface area contributed by atoms with Gasteiger partial charge >= 0.3 is 0 Å². The van der Waals surface area contributed by atoms with Crippen LogP contribution in [-0.4, -0.2) is 11.1 Å². The molecule has 0 saturated heterocycles. The molecule has 0 aliphatic carbocycles. The number of benzene rings is 7. The van der Waals surface area contributed by atoms with Gasteiger partial charge in [0.05, 0.1) is 11.0 Å². The average molecular weight is 668 g/mol. The summed E-state index contributed by atoms with van der Waals surface area (Å²) in [6.07, 6.45) is 8.51. The van der Waals surface area contributed by atoms with Crippen LogP contribution in [0.15, 0.2) is 207 Å². The highest BCUT2D eigenvalue weighted by Gasteiger charge is 2.20. The molecular weight excluding hydrogens is 631 g/mol. The first kappa shape index (κ1) is 31.2. The van der Waals surface area contributed by atoms with Crippen LogP contribution in [0.2, 0.25) is 0 Å². The fourth-order valence-corrected chi connectivity index (χ4v) is 7.56. The lowest BCUT2D eigenvalue weighted by atomic mass is 9.94. The van der Waals surface area contributed by atoms with E-state index in [4.69, 9.17) is 0 Å². The summed E-state index contributed by atoms with van der Waals surface area (Å²) in [4.78, 5) is 4.68. The number of anilines is 5. The minimum Gasteiger partial charge on any atom is -0.337 e. The first-order chi connectivity index (χ1) is 25.7. The van der Waals surface area contributed by atoms with Gasteiger partial charge in [-0.3, -0.25) is 0 Å². The van der Waals surface area contributed by atoms with E-state index >= 15 is 0 Å². The molecule has 0 saturated carbocycles. The molecule has 0 unspecified atom stereocenters. The van der Waals surface area contributed by atoms with Gasteiger partial charge < -0.3 is 14.4 Å². The Morgan fingerprint density at radius 3 is 1.90 bits per heavy atom. The van der Waals surface area contributed by atoms with Crippen LogP contribution in [0.5, 0.6) is 0 Å². The Morgan fingerprint density at radius 1 is 0.500 bits per heavy atom. The average Bonchev–Trinajstić information content (AvgIpc) is 3.58. The summed E-state index contributed by atoms with van der Waals surface area (Å²) in [5.41, 5.74) is 13.5. The minimum atomic E-state index is 0.766. The Labute approximate surface area is 304 Å². The lowest BCUT2D eigenvalue weighted by Gasteiger charge is -2.27. The third-order valence-electron chi connectivity index (χ3n) is 9.92. The first-order valence-electron chi connectivity index (χ1n) is 17.8. The fourth-order valence-electron chi connectivity index (χ4n) is 7.56. The van der Waals surface area contributed by atoms with E-state index in [2.05, 4.69) is 221 Å². The molecule has 0 radical (unpaired) electrons. The predicted molar refractivity (Wildman–Crippen MR) is 222 cm³/mol. The quantitative estimate of drug-likeness (QED) is 0.175. The summed E-state index contributed by atoms with van der Waals surface area (Å²) in [5.74, 6) is 0. The highest BCUT2D eigenvalue weighted by molar-refractivity contribution is 6.16. The van der Waals surface area contributed by atoms with E-state index in [1.54, 1.807) is 0 Å². The van der Waals surface area contributed by atoms with Gasteiger partial charge in [-0.05, 0) is 95.6 Å².